The normalized spacial score (nSPS) is 22.9. The van der Waals surface area contributed by atoms with Crippen molar-refractivity contribution in [1.82, 2.24) is 10.2 Å². The van der Waals surface area contributed by atoms with Crippen molar-refractivity contribution in [2.24, 2.45) is 5.92 Å². The highest BCUT2D eigenvalue weighted by Crippen LogP contribution is 2.23. The Labute approximate surface area is 146 Å². The minimum atomic E-state index is 0.0699. The maximum absolute atomic E-state index is 12.6. The lowest BCUT2D eigenvalue weighted by Crippen LogP contribution is -2.50. The number of hydrogen-bond acceptors (Lipinski definition) is 2. The third kappa shape index (κ3) is 4.07. The van der Waals surface area contributed by atoms with Crippen LogP contribution in [0.2, 0.25) is 0 Å². The first-order chi connectivity index (χ1) is 11.6. The van der Waals surface area contributed by atoms with E-state index >= 15 is 0 Å². The van der Waals surface area contributed by atoms with Gasteiger partial charge in [0.15, 0.2) is 0 Å². The van der Waals surface area contributed by atoms with Gasteiger partial charge in [0.05, 0.1) is 6.04 Å². The molecule has 0 saturated carbocycles. The third-order valence-electron chi connectivity index (χ3n) is 5.54. The van der Waals surface area contributed by atoms with Gasteiger partial charge < -0.3 is 10.2 Å². The smallest absolute Gasteiger partial charge is 0.239 e. The number of benzene rings is 1. The molecule has 0 spiro atoms. The van der Waals surface area contributed by atoms with E-state index in [1.807, 2.05) is 0 Å². The molecule has 2 aliphatic rings. The Bertz CT molecular complexity index is 574. The molecule has 2 fully saturated rings. The van der Waals surface area contributed by atoms with Crippen LogP contribution in [-0.2, 0) is 4.79 Å². The van der Waals surface area contributed by atoms with Gasteiger partial charge in [0, 0.05) is 13.1 Å². The summed E-state index contributed by atoms with van der Waals surface area (Å²) in [4.78, 5) is 14.6. The zero-order chi connectivity index (χ0) is 16.9. The lowest BCUT2D eigenvalue weighted by molar-refractivity contribution is -0.135. The summed E-state index contributed by atoms with van der Waals surface area (Å²) in [5.41, 5.74) is 4.02. The summed E-state index contributed by atoms with van der Waals surface area (Å²) in [7, 11) is 0. The van der Waals surface area contributed by atoms with Gasteiger partial charge in [0.2, 0.25) is 5.91 Å². The molecule has 0 aliphatic carbocycles. The van der Waals surface area contributed by atoms with Crippen LogP contribution in [0.15, 0.2) is 24.3 Å². The fraction of sp³-hybridized carbons (Fsp3) is 0.571. The largest absolute Gasteiger partial charge is 0.341 e. The second-order valence-corrected chi connectivity index (χ2v) is 7.33. The molecule has 1 amide bonds. The van der Waals surface area contributed by atoms with E-state index in [2.05, 4.69) is 54.4 Å². The van der Waals surface area contributed by atoms with E-state index in [-0.39, 0.29) is 6.04 Å². The van der Waals surface area contributed by atoms with Crippen LogP contribution < -0.4 is 5.32 Å². The zero-order valence-electron chi connectivity index (χ0n) is 15.1. The van der Waals surface area contributed by atoms with E-state index in [0.29, 0.717) is 11.8 Å². The van der Waals surface area contributed by atoms with Gasteiger partial charge in [0.1, 0.15) is 0 Å². The molecule has 0 radical (unpaired) electrons. The van der Waals surface area contributed by atoms with Crippen LogP contribution >= 0.6 is 0 Å². The predicted molar refractivity (Wildman–Crippen MR) is 99.9 cm³/mol. The Morgan fingerprint density at radius 1 is 1.12 bits per heavy atom. The first-order valence-electron chi connectivity index (χ1n) is 9.42. The average Bonchev–Trinajstić information content (AvgIpc) is 2.62. The third-order valence-corrected chi connectivity index (χ3v) is 5.54. The van der Waals surface area contributed by atoms with Crippen molar-refractivity contribution in [3.8, 4) is 0 Å². The van der Waals surface area contributed by atoms with E-state index in [0.717, 1.165) is 38.9 Å². The Morgan fingerprint density at radius 3 is 2.46 bits per heavy atom. The van der Waals surface area contributed by atoms with Crippen LogP contribution in [-0.4, -0.2) is 36.5 Å². The number of likely N-dealkylation sites (tertiary alicyclic amines) is 1. The topological polar surface area (TPSA) is 32.3 Å². The number of amides is 1. The van der Waals surface area contributed by atoms with Crippen LogP contribution in [0.1, 0.15) is 48.8 Å². The SMILES string of the molecule is Cc1cccc(C)c1C=CC1CCN(C(=O)[C@@H]2CCCCN2)CC1. The highest BCUT2D eigenvalue weighted by molar-refractivity contribution is 5.82. The fourth-order valence-corrected chi connectivity index (χ4v) is 3.92. The predicted octanol–water partition coefficient (Wildman–Crippen LogP) is 3.70. The number of nitrogens with one attached hydrogen (secondary N) is 1. The molecule has 0 bridgehead atoms. The van der Waals surface area contributed by atoms with Crippen molar-refractivity contribution in [1.29, 1.82) is 0 Å². The number of carbonyl (C=O) groups is 1. The van der Waals surface area contributed by atoms with Gasteiger partial charge in [-0.3, -0.25) is 4.79 Å². The first-order valence-corrected chi connectivity index (χ1v) is 9.42. The van der Waals surface area contributed by atoms with E-state index in [1.54, 1.807) is 0 Å². The van der Waals surface area contributed by atoms with E-state index < -0.39 is 0 Å². The van der Waals surface area contributed by atoms with E-state index in [4.69, 9.17) is 0 Å². The number of rotatable bonds is 3. The van der Waals surface area contributed by atoms with Crippen LogP contribution in [0.4, 0.5) is 0 Å². The molecule has 1 N–H and O–H groups in total. The minimum Gasteiger partial charge on any atom is -0.341 e. The van der Waals surface area contributed by atoms with Crippen LogP contribution in [0.3, 0.4) is 0 Å². The van der Waals surface area contributed by atoms with Crippen molar-refractivity contribution in [2.45, 2.75) is 52.0 Å². The Kier molecular flexibility index (Phi) is 5.72. The molecular formula is C21H30N2O. The molecule has 3 rings (SSSR count). The van der Waals surface area contributed by atoms with Crippen LogP contribution in [0, 0.1) is 19.8 Å². The Balaban J connectivity index is 1.53. The molecule has 1 atom stereocenters. The van der Waals surface area contributed by atoms with Crippen molar-refractivity contribution in [2.75, 3.05) is 19.6 Å². The van der Waals surface area contributed by atoms with Gasteiger partial charge in [-0.2, -0.15) is 0 Å². The lowest BCUT2D eigenvalue weighted by Gasteiger charge is -2.34. The zero-order valence-corrected chi connectivity index (χ0v) is 15.1. The van der Waals surface area contributed by atoms with Gasteiger partial charge in [-0.1, -0.05) is 36.8 Å². The van der Waals surface area contributed by atoms with Gasteiger partial charge >= 0.3 is 0 Å². The molecule has 0 unspecified atom stereocenters. The molecule has 130 valence electrons. The summed E-state index contributed by atoms with van der Waals surface area (Å²) in [6.07, 6.45) is 10.2. The molecule has 2 saturated heterocycles. The van der Waals surface area contributed by atoms with Crippen molar-refractivity contribution < 1.29 is 4.79 Å². The summed E-state index contributed by atoms with van der Waals surface area (Å²) < 4.78 is 0. The molecule has 2 heterocycles. The maximum atomic E-state index is 12.6. The quantitative estimate of drug-likeness (QED) is 0.918. The molecule has 1 aromatic carbocycles. The Hall–Kier alpha value is -1.61. The number of allylic oxidation sites excluding steroid dienone is 1. The van der Waals surface area contributed by atoms with Crippen molar-refractivity contribution >= 4 is 12.0 Å². The van der Waals surface area contributed by atoms with Gasteiger partial charge in [-0.05, 0) is 68.7 Å². The number of piperidine rings is 2. The van der Waals surface area contributed by atoms with Gasteiger partial charge in [0.25, 0.3) is 0 Å². The van der Waals surface area contributed by atoms with Crippen LogP contribution in [0.25, 0.3) is 6.08 Å². The molecule has 0 aromatic heterocycles. The summed E-state index contributed by atoms with van der Waals surface area (Å²) in [5.74, 6) is 0.916. The lowest BCUT2D eigenvalue weighted by atomic mass is 9.93. The number of carbonyl (C=O) groups excluding carboxylic acids is 1. The van der Waals surface area contributed by atoms with E-state index in [9.17, 15) is 4.79 Å². The molecule has 1 aromatic rings. The van der Waals surface area contributed by atoms with Crippen LogP contribution in [0.5, 0.6) is 0 Å². The van der Waals surface area contributed by atoms with E-state index in [1.165, 1.54) is 29.5 Å². The second kappa shape index (κ2) is 7.98. The van der Waals surface area contributed by atoms with Gasteiger partial charge in [-0.25, -0.2) is 0 Å². The minimum absolute atomic E-state index is 0.0699. The number of nitrogens with zero attached hydrogens (tertiary/aromatic N) is 1. The highest BCUT2D eigenvalue weighted by Gasteiger charge is 2.28. The summed E-state index contributed by atoms with van der Waals surface area (Å²) in [5, 5.41) is 3.38. The molecule has 3 heteroatoms. The van der Waals surface area contributed by atoms with Gasteiger partial charge in [-0.15, -0.1) is 0 Å². The average molecular weight is 326 g/mol. The summed E-state index contributed by atoms with van der Waals surface area (Å²) in [6.45, 7) is 7.14. The maximum Gasteiger partial charge on any atom is 0.239 e. The molecular weight excluding hydrogens is 296 g/mol. The monoisotopic (exact) mass is 326 g/mol. The fourth-order valence-electron chi connectivity index (χ4n) is 3.92. The molecule has 2 aliphatic heterocycles. The van der Waals surface area contributed by atoms with Crippen molar-refractivity contribution in [3.05, 3.63) is 41.0 Å². The summed E-state index contributed by atoms with van der Waals surface area (Å²) in [6, 6.07) is 6.53. The number of aryl methyl sites for hydroxylation is 2. The number of hydrogen-bond donors (Lipinski definition) is 1. The second-order valence-electron chi connectivity index (χ2n) is 7.33. The molecule has 3 nitrogen and oxygen atoms in total. The van der Waals surface area contributed by atoms with Crippen molar-refractivity contribution in [3.63, 3.8) is 0 Å². The summed E-state index contributed by atoms with van der Waals surface area (Å²) >= 11 is 0. The highest BCUT2D eigenvalue weighted by atomic mass is 16.2. The molecule has 24 heavy (non-hydrogen) atoms. The first kappa shape index (κ1) is 17.2. The Morgan fingerprint density at radius 2 is 1.83 bits per heavy atom. The standard InChI is InChI=1S/C21H30N2O/c1-16-6-5-7-17(2)19(16)10-9-18-11-14-23(15-12-18)21(24)20-8-3-4-13-22-20/h5-7,9-10,18,20,22H,3-4,8,11-15H2,1-2H3/t20-/m0/s1.